The molecule has 1 heterocycles. The third-order valence-electron chi connectivity index (χ3n) is 3.23. The van der Waals surface area contributed by atoms with Gasteiger partial charge in [0.15, 0.2) is 11.5 Å². The molecule has 0 spiro atoms. The lowest BCUT2D eigenvalue weighted by molar-refractivity contribution is 0.0954. The summed E-state index contributed by atoms with van der Waals surface area (Å²) in [6.45, 7) is 5.61. The van der Waals surface area contributed by atoms with Crippen LogP contribution in [-0.4, -0.2) is 30.6 Å². The summed E-state index contributed by atoms with van der Waals surface area (Å²) in [5.41, 5.74) is 1.65. The predicted molar refractivity (Wildman–Crippen MR) is 89.1 cm³/mol. The molecule has 2 rings (SSSR count). The Hall–Kier alpha value is -2.56. The summed E-state index contributed by atoms with van der Waals surface area (Å²) < 4.78 is 11.1. The first-order valence-electron chi connectivity index (χ1n) is 7.81. The van der Waals surface area contributed by atoms with E-state index in [-0.39, 0.29) is 5.91 Å². The lowest BCUT2D eigenvalue weighted by Gasteiger charge is -2.12. The molecule has 0 unspecified atom stereocenters. The zero-order chi connectivity index (χ0) is 16.5. The molecule has 0 saturated heterocycles. The second-order valence-electron chi connectivity index (χ2n) is 4.89. The average Bonchev–Trinajstić information content (AvgIpc) is 2.58. The Morgan fingerprint density at radius 1 is 1.13 bits per heavy atom. The van der Waals surface area contributed by atoms with Gasteiger partial charge in [-0.2, -0.15) is 0 Å². The van der Waals surface area contributed by atoms with Crippen molar-refractivity contribution in [2.75, 3.05) is 19.8 Å². The van der Waals surface area contributed by atoms with Crippen LogP contribution in [0.15, 0.2) is 42.7 Å². The van der Waals surface area contributed by atoms with Crippen LogP contribution in [0.2, 0.25) is 0 Å². The first-order chi connectivity index (χ1) is 11.2. The topological polar surface area (TPSA) is 60.5 Å². The molecule has 0 aliphatic rings. The van der Waals surface area contributed by atoms with Crippen molar-refractivity contribution >= 4 is 5.91 Å². The highest BCUT2D eigenvalue weighted by Crippen LogP contribution is 2.28. The van der Waals surface area contributed by atoms with Crippen LogP contribution < -0.4 is 14.8 Å². The quantitative estimate of drug-likeness (QED) is 0.814. The normalized spacial score (nSPS) is 10.2. The summed E-state index contributed by atoms with van der Waals surface area (Å²) in [6, 6.07) is 9.35. The highest BCUT2D eigenvalue weighted by molar-refractivity contribution is 5.93. The zero-order valence-corrected chi connectivity index (χ0v) is 13.5. The van der Waals surface area contributed by atoms with E-state index >= 15 is 0 Å². The van der Waals surface area contributed by atoms with Gasteiger partial charge in [-0.05, 0) is 50.1 Å². The van der Waals surface area contributed by atoms with Crippen molar-refractivity contribution in [3.05, 3.63) is 53.9 Å². The fourth-order valence-electron chi connectivity index (χ4n) is 2.17. The fraction of sp³-hybridized carbons (Fsp3) is 0.333. The third-order valence-corrected chi connectivity index (χ3v) is 3.23. The lowest BCUT2D eigenvalue weighted by Crippen LogP contribution is -2.25. The molecule has 23 heavy (non-hydrogen) atoms. The molecule has 1 amide bonds. The molecule has 0 fully saturated rings. The van der Waals surface area contributed by atoms with E-state index in [0.717, 1.165) is 23.5 Å². The predicted octanol–water partition coefficient (Wildman–Crippen LogP) is 2.85. The highest BCUT2D eigenvalue weighted by Gasteiger charge is 2.07. The van der Waals surface area contributed by atoms with Crippen LogP contribution in [0.1, 0.15) is 29.8 Å². The lowest BCUT2D eigenvalue weighted by atomic mass is 10.1. The average molecular weight is 314 g/mol. The molecular formula is C18H22N2O3. The Morgan fingerprint density at radius 2 is 1.91 bits per heavy atom. The number of pyridine rings is 1. The van der Waals surface area contributed by atoms with E-state index in [1.54, 1.807) is 24.5 Å². The number of aromatic nitrogens is 1. The zero-order valence-electron chi connectivity index (χ0n) is 13.5. The molecular weight excluding hydrogens is 292 g/mol. The smallest absolute Gasteiger partial charge is 0.252 e. The standard InChI is InChI=1S/C18H22N2O3/c1-3-22-16-8-7-14(12-17(16)23-4-2)9-11-20-18(21)15-6-5-10-19-13-15/h5-8,10,12-13H,3-4,9,11H2,1-2H3,(H,20,21). The summed E-state index contributed by atoms with van der Waals surface area (Å²) >= 11 is 0. The number of hydrogen-bond donors (Lipinski definition) is 1. The van der Waals surface area contributed by atoms with Gasteiger partial charge in [0, 0.05) is 18.9 Å². The number of hydrogen-bond acceptors (Lipinski definition) is 4. The molecule has 0 bridgehead atoms. The van der Waals surface area contributed by atoms with Gasteiger partial charge in [0.05, 0.1) is 18.8 Å². The van der Waals surface area contributed by atoms with Crippen molar-refractivity contribution in [2.24, 2.45) is 0 Å². The summed E-state index contributed by atoms with van der Waals surface area (Å²) in [5.74, 6) is 1.37. The molecule has 1 aromatic heterocycles. The van der Waals surface area contributed by atoms with Crippen LogP contribution in [-0.2, 0) is 6.42 Å². The van der Waals surface area contributed by atoms with Gasteiger partial charge in [-0.15, -0.1) is 0 Å². The summed E-state index contributed by atoms with van der Waals surface area (Å²) in [6.07, 6.45) is 3.92. The Kier molecular flexibility index (Phi) is 6.41. The van der Waals surface area contributed by atoms with Crippen molar-refractivity contribution < 1.29 is 14.3 Å². The second kappa shape index (κ2) is 8.78. The van der Waals surface area contributed by atoms with E-state index in [1.165, 1.54) is 0 Å². The van der Waals surface area contributed by atoms with Crippen molar-refractivity contribution in [1.29, 1.82) is 0 Å². The number of ether oxygens (including phenoxy) is 2. The van der Waals surface area contributed by atoms with Gasteiger partial charge in [-0.3, -0.25) is 9.78 Å². The van der Waals surface area contributed by atoms with Crippen LogP contribution in [0.5, 0.6) is 11.5 Å². The van der Waals surface area contributed by atoms with E-state index in [1.807, 2.05) is 32.0 Å². The number of nitrogens with zero attached hydrogens (tertiary/aromatic N) is 1. The SMILES string of the molecule is CCOc1ccc(CCNC(=O)c2cccnc2)cc1OCC. The summed E-state index contributed by atoms with van der Waals surface area (Å²) in [7, 11) is 0. The minimum absolute atomic E-state index is 0.117. The highest BCUT2D eigenvalue weighted by atomic mass is 16.5. The molecule has 0 aliphatic carbocycles. The van der Waals surface area contributed by atoms with Gasteiger partial charge < -0.3 is 14.8 Å². The molecule has 122 valence electrons. The number of amides is 1. The van der Waals surface area contributed by atoms with Crippen LogP contribution in [0.25, 0.3) is 0 Å². The van der Waals surface area contributed by atoms with E-state index < -0.39 is 0 Å². The number of rotatable bonds is 8. The minimum atomic E-state index is -0.117. The van der Waals surface area contributed by atoms with Crippen LogP contribution >= 0.6 is 0 Å². The van der Waals surface area contributed by atoms with Crippen molar-refractivity contribution in [2.45, 2.75) is 20.3 Å². The molecule has 1 aromatic carbocycles. The fourth-order valence-corrected chi connectivity index (χ4v) is 2.17. The molecule has 0 radical (unpaired) electrons. The number of carbonyl (C=O) groups excluding carboxylic acids is 1. The molecule has 0 saturated carbocycles. The maximum Gasteiger partial charge on any atom is 0.252 e. The molecule has 5 nitrogen and oxygen atoms in total. The first-order valence-corrected chi connectivity index (χ1v) is 7.81. The monoisotopic (exact) mass is 314 g/mol. The van der Waals surface area contributed by atoms with Crippen LogP contribution in [0.3, 0.4) is 0 Å². The van der Waals surface area contributed by atoms with E-state index in [0.29, 0.717) is 25.3 Å². The minimum Gasteiger partial charge on any atom is -0.490 e. The number of nitrogens with one attached hydrogen (secondary N) is 1. The van der Waals surface area contributed by atoms with Gasteiger partial charge in [0.1, 0.15) is 0 Å². The largest absolute Gasteiger partial charge is 0.490 e. The Morgan fingerprint density at radius 3 is 2.61 bits per heavy atom. The molecule has 1 N–H and O–H groups in total. The van der Waals surface area contributed by atoms with E-state index in [2.05, 4.69) is 10.3 Å². The van der Waals surface area contributed by atoms with Gasteiger partial charge >= 0.3 is 0 Å². The first kappa shape index (κ1) is 16.8. The van der Waals surface area contributed by atoms with Crippen molar-refractivity contribution in [1.82, 2.24) is 10.3 Å². The number of carbonyl (C=O) groups is 1. The van der Waals surface area contributed by atoms with Crippen LogP contribution in [0.4, 0.5) is 0 Å². The maximum absolute atomic E-state index is 11.9. The Balaban J connectivity index is 1.92. The van der Waals surface area contributed by atoms with E-state index in [9.17, 15) is 4.79 Å². The van der Waals surface area contributed by atoms with E-state index in [4.69, 9.17) is 9.47 Å². The second-order valence-corrected chi connectivity index (χ2v) is 4.89. The van der Waals surface area contributed by atoms with Gasteiger partial charge in [0.2, 0.25) is 0 Å². The van der Waals surface area contributed by atoms with Gasteiger partial charge in [-0.1, -0.05) is 6.07 Å². The Labute approximate surface area is 136 Å². The summed E-state index contributed by atoms with van der Waals surface area (Å²) in [5, 5.41) is 2.89. The maximum atomic E-state index is 11.9. The van der Waals surface area contributed by atoms with Gasteiger partial charge in [-0.25, -0.2) is 0 Å². The molecule has 5 heteroatoms. The number of benzene rings is 1. The van der Waals surface area contributed by atoms with Crippen molar-refractivity contribution in [3.8, 4) is 11.5 Å². The van der Waals surface area contributed by atoms with Crippen molar-refractivity contribution in [3.63, 3.8) is 0 Å². The Bertz CT molecular complexity index is 629. The summed E-state index contributed by atoms with van der Waals surface area (Å²) in [4.78, 5) is 15.9. The molecule has 0 aliphatic heterocycles. The third kappa shape index (κ3) is 4.98. The van der Waals surface area contributed by atoms with Crippen LogP contribution in [0, 0.1) is 0 Å². The van der Waals surface area contributed by atoms with Gasteiger partial charge in [0.25, 0.3) is 5.91 Å². The molecule has 0 atom stereocenters. The molecule has 2 aromatic rings.